The van der Waals surface area contributed by atoms with Crippen molar-refractivity contribution in [3.63, 3.8) is 0 Å². The predicted octanol–water partition coefficient (Wildman–Crippen LogP) is 1.43. The summed E-state index contributed by atoms with van der Waals surface area (Å²) in [5.41, 5.74) is -0.0910. The van der Waals surface area contributed by atoms with Crippen LogP contribution in [0.5, 0.6) is 0 Å². The minimum Gasteiger partial charge on any atom is -0.389 e. The molecule has 0 aliphatic carbocycles. The van der Waals surface area contributed by atoms with Gasteiger partial charge in [-0.25, -0.2) is 0 Å². The lowest BCUT2D eigenvalue weighted by Crippen LogP contribution is -2.22. The Hall–Kier alpha value is -1.77. The zero-order valence-electron chi connectivity index (χ0n) is 10.0. The minimum atomic E-state index is -0.750. The lowest BCUT2D eigenvalue weighted by molar-refractivity contribution is -0.385. The highest BCUT2D eigenvalue weighted by atomic mass is 32.1. The van der Waals surface area contributed by atoms with E-state index in [-0.39, 0.29) is 18.8 Å². The van der Waals surface area contributed by atoms with Gasteiger partial charge >= 0.3 is 5.69 Å². The van der Waals surface area contributed by atoms with Crippen molar-refractivity contribution in [1.29, 1.82) is 0 Å². The summed E-state index contributed by atoms with van der Waals surface area (Å²) in [6, 6.07) is 3.89. The van der Waals surface area contributed by atoms with Crippen molar-refractivity contribution < 1.29 is 14.8 Å². The summed E-state index contributed by atoms with van der Waals surface area (Å²) in [6.07, 6.45) is 1.68. The average molecular weight is 283 g/mol. The molecule has 0 saturated heterocycles. The van der Waals surface area contributed by atoms with Gasteiger partial charge in [-0.05, 0) is 11.4 Å². The van der Waals surface area contributed by atoms with Gasteiger partial charge in [0.2, 0.25) is 0 Å². The minimum absolute atomic E-state index is 0.0910. The van der Waals surface area contributed by atoms with E-state index >= 15 is 0 Å². The van der Waals surface area contributed by atoms with E-state index in [1.54, 1.807) is 11.3 Å². The van der Waals surface area contributed by atoms with Crippen LogP contribution in [0, 0.1) is 10.1 Å². The largest absolute Gasteiger partial charge is 0.389 e. The number of aromatic nitrogens is 2. The molecule has 0 saturated carbocycles. The second kappa shape index (κ2) is 6.41. The fourth-order valence-electron chi connectivity index (χ4n) is 1.51. The molecule has 2 heterocycles. The number of aliphatic hydroxyl groups is 1. The molecule has 0 amide bonds. The zero-order chi connectivity index (χ0) is 13.7. The van der Waals surface area contributed by atoms with E-state index in [9.17, 15) is 15.2 Å². The molecule has 1 unspecified atom stereocenters. The van der Waals surface area contributed by atoms with Crippen molar-refractivity contribution in [2.45, 2.75) is 19.3 Å². The van der Waals surface area contributed by atoms with Gasteiger partial charge in [0, 0.05) is 4.88 Å². The van der Waals surface area contributed by atoms with Gasteiger partial charge in [0.05, 0.1) is 30.8 Å². The number of ether oxygens (including phenoxy) is 1. The molecule has 1 N–H and O–H groups in total. The van der Waals surface area contributed by atoms with E-state index in [2.05, 4.69) is 5.10 Å². The lowest BCUT2D eigenvalue weighted by atomic mass is 10.4. The Balaban J connectivity index is 1.74. The third kappa shape index (κ3) is 4.12. The van der Waals surface area contributed by atoms with E-state index in [0.717, 1.165) is 11.1 Å². The van der Waals surface area contributed by atoms with Crippen molar-refractivity contribution in [1.82, 2.24) is 9.78 Å². The Morgan fingerprint density at radius 1 is 1.63 bits per heavy atom. The van der Waals surface area contributed by atoms with Crippen LogP contribution in [-0.2, 0) is 17.9 Å². The molecule has 0 bridgehead atoms. The Morgan fingerprint density at radius 2 is 2.47 bits per heavy atom. The summed E-state index contributed by atoms with van der Waals surface area (Å²) in [6.45, 7) is 0.776. The number of nitro groups is 1. The third-order valence-electron chi connectivity index (χ3n) is 2.36. The SMILES string of the molecule is O=[N+]([O-])c1cnn(CC(O)COCc2cccs2)c1. The van der Waals surface area contributed by atoms with E-state index in [1.165, 1.54) is 10.9 Å². The maximum absolute atomic E-state index is 10.5. The topological polar surface area (TPSA) is 90.4 Å². The maximum Gasteiger partial charge on any atom is 0.306 e. The molecule has 1 atom stereocenters. The molecule has 19 heavy (non-hydrogen) atoms. The smallest absolute Gasteiger partial charge is 0.306 e. The van der Waals surface area contributed by atoms with Gasteiger partial charge in [-0.2, -0.15) is 5.10 Å². The van der Waals surface area contributed by atoms with Crippen LogP contribution in [0.25, 0.3) is 0 Å². The quantitative estimate of drug-likeness (QED) is 0.613. The van der Waals surface area contributed by atoms with E-state index in [4.69, 9.17) is 4.74 Å². The summed E-state index contributed by atoms with van der Waals surface area (Å²) in [4.78, 5) is 11.0. The Kier molecular flexibility index (Phi) is 4.61. The monoisotopic (exact) mass is 283 g/mol. The molecule has 0 radical (unpaired) electrons. The average Bonchev–Trinajstić information content (AvgIpc) is 3.00. The van der Waals surface area contributed by atoms with Gasteiger partial charge < -0.3 is 9.84 Å². The van der Waals surface area contributed by atoms with Crippen LogP contribution in [0.1, 0.15) is 4.88 Å². The molecule has 0 spiro atoms. The fraction of sp³-hybridized carbons (Fsp3) is 0.364. The number of hydrogen-bond donors (Lipinski definition) is 1. The zero-order valence-corrected chi connectivity index (χ0v) is 10.8. The first kappa shape index (κ1) is 13.7. The highest BCUT2D eigenvalue weighted by molar-refractivity contribution is 7.09. The van der Waals surface area contributed by atoms with Gasteiger partial charge in [-0.1, -0.05) is 6.07 Å². The second-order valence-corrected chi connectivity index (χ2v) is 4.96. The number of aliphatic hydroxyl groups excluding tert-OH is 1. The molecule has 7 nitrogen and oxygen atoms in total. The first-order valence-corrected chi connectivity index (χ1v) is 6.48. The summed E-state index contributed by atoms with van der Waals surface area (Å²) in [5.74, 6) is 0. The normalized spacial score (nSPS) is 12.5. The van der Waals surface area contributed by atoms with Crippen LogP contribution < -0.4 is 0 Å². The van der Waals surface area contributed by atoms with E-state index in [0.29, 0.717) is 6.61 Å². The van der Waals surface area contributed by atoms with Crippen molar-refractivity contribution in [3.8, 4) is 0 Å². The predicted molar refractivity (Wildman–Crippen MR) is 68.9 cm³/mol. The van der Waals surface area contributed by atoms with Gasteiger partial charge in [0.1, 0.15) is 12.4 Å². The first-order chi connectivity index (χ1) is 9.15. The molecule has 0 aliphatic heterocycles. The summed E-state index contributed by atoms with van der Waals surface area (Å²) >= 11 is 1.59. The van der Waals surface area contributed by atoms with Crippen molar-refractivity contribution in [3.05, 3.63) is 44.9 Å². The van der Waals surface area contributed by atoms with Crippen molar-refractivity contribution >= 4 is 17.0 Å². The van der Waals surface area contributed by atoms with Crippen LogP contribution in [-0.4, -0.2) is 32.5 Å². The van der Waals surface area contributed by atoms with Crippen LogP contribution in [0.4, 0.5) is 5.69 Å². The van der Waals surface area contributed by atoms with Gasteiger partial charge in [-0.3, -0.25) is 14.8 Å². The number of nitrogens with zero attached hydrogens (tertiary/aromatic N) is 3. The number of rotatable bonds is 7. The van der Waals surface area contributed by atoms with Crippen LogP contribution >= 0.6 is 11.3 Å². The molecule has 0 aliphatic rings. The van der Waals surface area contributed by atoms with E-state index in [1.807, 2.05) is 17.5 Å². The molecule has 2 aromatic rings. The van der Waals surface area contributed by atoms with Gasteiger partial charge in [-0.15, -0.1) is 11.3 Å². The van der Waals surface area contributed by atoms with Crippen molar-refractivity contribution in [2.75, 3.05) is 6.61 Å². The molecule has 2 rings (SSSR count). The summed E-state index contributed by atoms with van der Waals surface area (Å²) in [5, 5.41) is 25.9. The first-order valence-electron chi connectivity index (χ1n) is 5.60. The Bertz CT molecular complexity index is 526. The lowest BCUT2D eigenvalue weighted by Gasteiger charge is -2.10. The second-order valence-electron chi connectivity index (χ2n) is 3.93. The number of thiophene rings is 1. The Morgan fingerprint density at radius 3 is 3.11 bits per heavy atom. The fourth-order valence-corrected chi connectivity index (χ4v) is 2.15. The summed E-state index contributed by atoms with van der Waals surface area (Å²) < 4.78 is 6.68. The van der Waals surface area contributed by atoms with E-state index < -0.39 is 11.0 Å². The molecule has 0 fully saturated rings. The molecular formula is C11H13N3O4S. The van der Waals surface area contributed by atoms with Gasteiger partial charge in [0.25, 0.3) is 0 Å². The highest BCUT2D eigenvalue weighted by Crippen LogP contribution is 2.10. The van der Waals surface area contributed by atoms with Gasteiger partial charge in [0.15, 0.2) is 0 Å². The van der Waals surface area contributed by atoms with Crippen molar-refractivity contribution in [2.24, 2.45) is 0 Å². The molecular weight excluding hydrogens is 270 g/mol. The van der Waals surface area contributed by atoms with Crippen LogP contribution in [0.15, 0.2) is 29.9 Å². The standard InChI is InChI=1S/C11H13N3O4S/c15-10(7-18-8-11-2-1-3-19-11)6-13-5-9(4-12-13)14(16)17/h1-5,10,15H,6-8H2. The molecule has 102 valence electrons. The van der Waals surface area contributed by atoms with Crippen LogP contribution in [0.3, 0.4) is 0 Å². The molecule has 0 aromatic carbocycles. The third-order valence-corrected chi connectivity index (χ3v) is 3.21. The summed E-state index contributed by atoms with van der Waals surface area (Å²) in [7, 11) is 0. The highest BCUT2D eigenvalue weighted by Gasteiger charge is 2.12. The molecule has 2 aromatic heterocycles. The maximum atomic E-state index is 10.5. The van der Waals surface area contributed by atoms with Crippen LogP contribution in [0.2, 0.25) is 0 Å². The Labute approximate surface area is 113 Å². The molecule has 8 heteroatoms. The number of hydrogen-bond acceptors (Lipinski definition) is 6.